The van der Waals surface area contributed by atoms with Crippen LogP contribution in [0.25, 0.3) is 11.0 Å². The molecule has 21 heavy (non-hydrogen) atoms. The van der Waals surface area contributed by atoms with E-state index in [1.807, 2.05) is 0 Å². The third kappa shape index (κ3) is 1.92. The van der Waals surface area contributed by atoms with Crippen LogP contribution in [0, 0.1) is 0 Å². The zero-order valence-electron chi connectivity index (χ0n) is 11.9. The average molecular weight is 289 g/mol. The molecule has 2 aromatic rings. The Bertz CT molecular complexity index is 863. The molecular formula is C14H15N3O4. The summed E-state index contributed by atoms with van der Waals surface area (Å²) >= 11 is 0. The van der Waals surface area contributed by atoms with Gasteiger partial charge in [0.1, 0.15) is 12.4 Å². The molecule has 0 saturated carbocycles. The van der Waals surface area contributed by atoms with E-state index in [1.165, 1.54) is 17.9 Å². The van der Waals surface area contributed by atoms with Crippen molar-refractivity contribution in [2.75, 3.05) is 7.11 Å². The molecule has 110 valence electrons. The van der Waals surface area contributed by atoms with E-state index in [1.54, 1.807) is 7.05 Å². The van der Waals surface area contributed by atoms with Crippen molar-refractivity contribution >= 4 is 16.8 Å². The van der Waals surface area contributed by atoms with E-state index in [0.29, 0.717) is 41.4 Å². The number of rotatable bonds is 2. The lowest BCUT2D eigenvalue weighted by molar-refractivity contribution is 0.0972. The number of ketones is 1. The van der Waals surface area contributed by atoms with E-state index in [9.17, 15) is 14.4 Å². The molecule has 3 rings (SSSR count). The number of Topliss-reactive ketones (excluding diaryl/α,β-unsaturated/α-hetero) is 1. The lowest BCUT2D eigenvalue weighted by Crippen LogP contribution is -2.40. The first-order valence-electron chi connectivity index (χ1n) is 6.69. The van der Waals surface area contributed by atoms with Crippen molar-refractivity contribution in [1.29, 1.82) is 0 Å². The minimum Gasteiger partial charge on any atom is -0.364 e. The van der Waals surface area contributed by atoms with E-state index in [2.05, 4.69) is 4.98 Å². The summed E-state index contributed by atoms with van der Waals surface area (Å²) in [6.07, 6.45) is 3.29. The van der Waals surface area contributed by atoms with Crippen LogP contribution < -0.4 is 11.2 Å². The number of hydrogen-bond donors (Lipinski definition) is 0. The maximum absolute atomic E-state index is 12.6. The highest BCUT2D eigenvalue weighted by Gasteiger charge is 2.24. The summed E-state index contributed by atoms with van der Waals surface area (Å²) in [5, 5.41) is 0.347. The Labute approximate surface area is 119 Å². The van der Waals surface area contributed by atoms with Gasteiger partial charge in [-0.3, -0.25) is 14.2 Å². The first kappa shape index (κ1) is 13.7. The standard InChI is InChI=1S/C14H15N3O4/c1-16-12-11(13(19)17(7-21-2)14(16)20)8-4-3-5-10(18)9(8)6-15-12/h6H,3-5,7H2,1-2H3. The smallest absolute Gasteiger partial charge is 0.334 e. The SMILES string of the molecule is COCn1c(=O)c2c3c(cnc2n(C)c1=O)C(=O)CCC3. The third-order valence-corrected chi connectivity index (χ3v) is 3.85. The van der Waals surface area contributed by atoms with Crippen LogP contribution in [0.15, 0.2) is 15.8 Å². The molecule has 0 radical (unpaired) electrons. The summed E-state index contributed by atoms with van der Waals surface area (Å²) in [5.41, 5.74) is 0.568. The van der Waals surface area contributed by atoms with E-state index < -0.39 is 11.2 Å². The molecule has 2 aromatic heterocycles. The fraction of sp³-hybridized carbons (Fsp3) is 0.429. The van der Waals surface area contributed by atoms with Crippen LogP contribution in [-0.4, -0.2) is 27.0 Å². The molecule has 1 aliphatic carbocycles. The number of hydrogen-bond acceptors (Lipinski definition) is 5. The summed E-state index contributed by atoms with van der Waals surface area (Å²) in [6.45, 7) is -0.126. The summed E-state index contributed by atoms with van der Waals surface area (Å²) in [7, 11) is 2.97. The summed E-state index contributed by atoms with van der Waals surface area (Å²) in [6, 6.07) is 0. The lowest BCUT2D eigenvalue weighted by atomic mass is 9.90. The number of methoxy groups -OCH3 is 1. The van der Waals surface area contributed by atoms with Gasteiger partial charge in [-0.2, -0.15) is 0 Å². The monoisotopic (exact) mass is 289 g/mol. The van der Waals surface area contributed by atoms with Crippen molar-refractivity contribution < 1.29 is 9.53 Å². The second kappa shape index (κ2) is 4.92. The van der Waals surface area contributed by atoms with Gasteiger partial charge in [-0.15, -0.1) is 0 Å². The molecule has 1 aliphatic rings. The maximum atomic E-state index is 12.6. The van der Waals surface area contributed by atoms with Gasteiger partial charge < -0.3 is 4.74 Å². The van der Waals surface area contributed by atoms with Gasteiger partial charge in [-0.25, -0.2) is 14.3 Å². The minimum atomic E-state index is -0.482. The molecular weight excluding hydrogens is 274 g/mol. The van der Waals surface area contributed by atoms with Crippen LogP contribution in [0.1, 0.15) is 28.8 Å². The lowest BCUT2D eigenvalue weighted by Gasteiger charge is -2.17. The Balaban J connectivity index is 2.49. The largest absolute Gasteiger partial charge is 0.364 e. The first-order valence-corrected chi connectivity index (χ1v) is 6.69. The van der Waals surface area contributed by atoms with Crippen molar-refractivity contribution in [3.63, 3.8) is 0 Å². The molecule has 0 fully saturated rings. The Hall–Kier alpha value is -2.28. The summed E-state index contributed by atoms with van der Waals surface area (Å²) in [4.78, 5) is 40.9. The van der Waals surface area contributed by atoms with Crippen LogP contribution in [0.5, 0.6) is 0 Å². The number of pyridine rings is 1. The zero-order chi connectivity index (χ0) is 15.1. The average Bonchev–Trinajstić information content (AvgIpc) is 2.48. The number of carbonyl (C=O) groups excluding carboxylic acids is 1. The Morgan fingerprint density at radius 1 is 1.29 bits per heavy atom. The van der Waals surface area contributed by atoms with Gasteiger partial charge in [0.05, 0.1) is 5.39 Å². The van der Waals surface area contributed by atoms with Gasteiger partial charge >= 0.3 is 5.69 Å². The highest BCUT2D eigenvalue weighted by molar-refractivity contribution is 6.01. The van der Waals surface area contributed by atoms with Gasteiger partial charge in [0.25, 0.3) is 5.56 Å². The molecule has 0 unspecified atom stereocenters. The maximum Gasteiger partial charge on any atom is 0.334 e. The van der Waals surface area contributed by atoms with Crippen molar-refractivity contribution in [1.82, 2.24) is 14.1 Å². The van der Waals surface area contributed by atoms with Crippen LogP contribution in [-0.2, 0) is 24.9 Å². The predicted molar refractivity (Wildman–Crippen MR) is 75.5 cm³/mol. The van der Waals surface area contributed by atoms with Gasteiger partial charge in [0.15, 0.2) is 5.78 Å². The quantitative estimate of drug-likeness (QED) is 0.789. The van der Waals surface area contributed by atoms with Gasteiger partial charge in [-0.05, 0) is 18.4 Å². The van der Waals surface area contributed by atoms with E-state index in [4.69, 9.17) is 4.74 Å². The fourth-order valence-corrected chi connectivity index (χ4v) is 2.81. The fourth-order valence-electron chi connectivity index (χ4n) is 2.81. The molecule has 0 aliphatic heterocycles. The molecule has 0 N–H and O–H groups in total. The minimum absolute atomic E-state index is 0.00260. The molecule has 0 aromatic carbocycles. The Kier molecular flexibility index (Phi) is 3.21. The van der Waals surface area contributed by atoms with Crippen molar-refractivity contribution in [2.24, 2.45) is 7.05 Å². The Morgan fingerprint density at radius 2 is 2.05 bits per heavy atom. The molecule has 2 heterocycles. The Morgan fingerprint density at radius 3 is 2.76 bits per heavy atom. The topological polar surface area (TPSA) is 83.2 Å². The van der Waals surface area contributed by atoms with E-state index >= 15 is 0 Å². The van der Waals surface area contributed by atoms with Gasteiger partial charge in [0.2, 0.25) is 0 Å². The number of aromatic nitrogens is 3. The zero-order valence-corrected chi connectivity index (χ0v) is 11.9. The number of ether oxygens (including phenoxy) is 1. The van der Waals surface area contributed by atoms with Gasteiger partial charge in [-0.1, -0.05) is 0 Å². The number of aryl methyl sites for hydroxylation is 2. The molecule has 7 nitrogen and oxygen atoms in total. The number of carbonyl (C=O) groups is 1. The second-order valence-corrected chi connectivity index (χ2v) is 5.12. The third-order valence-electron chi connectivity index (χ3n) is 3.85. The summed E-state index contributed by atoms with van der Waals surface area (Å²) in [5.74, 6) is -0.00260. The van der Waals surface area contributed by atoms with Gasteiger partial charge in [0, 0.05) is 32.3 Å². The molecule has 0 bridgehead atoms. The van der Waals surface area contributed by atoms with Crippen LogP contribution in [0.3, 0.4) is 0 Å². The highest BCUT2D eigenvalue weighted by atomic mass is 16.5. The van der Waals surface area contributed by atoms with Crippen molar-refractivity contribution in [3.05, 3.63) is 38.2 Å². The summed E-state index contributed by atoms with van der Waals surface area (Å²) < 4.78 is 7.25. The van der Waals surface area contributed by atoms with Crippen LogP contribution >= 0.6 is 0 Å². The van der Waals surface area contributed by atoms with Crippen molar-refractivity contribution in [3.8, 4) is 0 Å². The molecule has 0 spiro atoms. The first-order chi connectivity index (χ1) is 10.1. The highest BCUT2D eigenvalue weighted by Crippen LogP contribution is 2.24. The second-order valence-electron chi connectivity index (χ2n) is 5.12. The molecule has 0 saturated heterocycles. The van der Waals surface area contributed by atoms with E-state index in [-0.39, 0.29) is 12.5 Å². The molecule has 7 heteroatoms. The number of nitrogens with zero attached hydrogens (tertiary/aromatic N) is 3. The van der Waals surface area contributed by atoms with E-state index in [0.717, 1.165) is 4.57 Å². The van der Waals surface area contributed by atoms with Crippen LogP contribution in [0.4, 0.5) is 0 Å². The van der Waals surface area contributed by atoms with Crippen LogP contribution in [0.2, 0.25) is 0 Å². The molecule has 0 amide bonds. The predicted octanol–water partition coefficient (Wildman–Crippen LogP) is 0.218. The molecule has 0 atom stereocenters. The normalized spacial score (nSPS) is 14.5. The van der Waals surface area contributed by atoms with Crippen molar-refractivity contribution in [2.45, 2.75) is 26.0 Å². The number of fused-ring (bicyclic) bond motifs is 3.